The number of hydrogen-bond donors (Lipinski definition) is 1. The van der Waals surface area contributed by atoms with Gasteiger partial charge in [0.15, 0.2) is 0 Å². The van der Waals surface area contributed by atoms with E-state index in [2.05, 4.69) is 56.1 Å². The highest BCUT2D eigenvalue weighted by Gasteiger charge is 2.27. The van der Waals surface area contributed by atoms with Gasteiger partial charge in [0.05, 0.1) is 11.6 Å². The summed E-state index contributed by atoms with van der Waals surface area (Å²) in [6, 6.07) is 10.8. The Labute approximate surface area is 136 Å². The molecular weight excluding hydrogens is 286 g/mol. The first-order chi connectivity index (χ1) is 11.3. The summed E-state index contributed by atoms with van der Waals surface area (Å²) in [4.78, 5) is 11.7. The van der Waals surface area contributed by atoms with Crippen LogP contribution in [0.4, 0.5) is 0 Å². The Hall–Kier alpha value is -2.24. The van der Waals surface area contributed by atoms with Crippen LogP contribution in [0.1, 0.15) is 17.4 Å². The fourth-order valence-electron chi connectivity index (χ4n) is 3.40. The highest BCUT2D eigenvalue weighted by atomic mass is 15.3. The number of pyridine rings is 1. The van der Waals surface area contributed by atoms with Crippen molar-refractivity contribution in [2.24, 2.45) is 7.05 Å². The number of rotatable bonds is 3. The second-order valence-corrected chi connectivity index (χ2v) is 6.08. The SMILES string of the molecule is Cn1ccnc1C1CNCCN1Cc1cccc2cccnc12. The van der Waals surface area contributed by atoms with E-state index in [1.165, 1.54) is 10.9 Å². The lowest BCUT2D eigenvalue weighted by molar-refractivity contribution is 0.145. The van der Waals surface area contributed by atoms with Crippen molar-refractivity contribution in [2.45, 2.75) is 12.6 Å². The number of aromatic nitrogens is 3. The van der Waals surface area contributed by atoms with Gasteiger partial charge in [-0.15, -0.1) is 0 Å². The second kappa shape index (κ2) is 6.10. The number of nitrogens with one attached hydrogen (secondary N) is 1. The number of benzene rings is 1. The van der Waals surface area contributed by atoms with E-state index in [0.29, 0.717) is 6.04 Å². The largest absolute Gasteiger partial charge is 0.337 e. The van der Waals surface area contributed by atoms with Gasteiger partial charge in [-0.05, 0) is 11.6 Å². The number of piperazine rings is 1. The van der Waals surface area contributed by atoms with Gasteiger partial charge in [0.2, 0.25) is 0 Å². The van der Waals surface area contributed by atoms with Crippen molar-refractivity contribution in [2.75, 3.05) is 19.6 Å². The smallest absolute Gasteiger partial charge is 0.127 e. The van der Waals surface area contributed by atoms with Gasteiger partial charge in [0.1, 0.15) is 5.82 Å². The molecule has 1 fully saturated rings. The molecule has 4 rings (SSSR count). The molecule has 0 bridgehead atoms. The molecule has 3 aromatic rings. The van der Waals surface area contributed by atoms with Crippen LogP contribution in [0.5, 0.6) is 0 Å². The standard InChI is InChI=1S/C18H21N5/c1-22-10-9-21-18(22)16-12-19-8-11-23(16)13-15-5-2-4-14-6-3-7-20-17(14)15/h2-7,9-10,16,19H,8,11-13H2,1H3. The van der Waals surface area contributed by atoms with E-state index in [4.69, 9.17) is 0 Å². The summed E-state index contributed by atoms with van der Waals surface area (Å²) in [5.41, 5.74) is 2.39. The molecule has 0 aliphatic carbocycles. The fourth-order valence-corrected chi connectivity index (χ4v) is 3.40. The van der Waals surface area contributed by atoms with Crippen LogP contribution in [0.25, 0.3) is 10.9 Å². The minimum absolute atomic E-state index is 0.294. The highest BCUT2D eigenvalue weighted by Crippen LogP contribution is 2.25. The lowest BCUT2D eigenvalue weighted by Crippen LogP contribution is -2.46. The van der Waals surface area contributed by atoms with E-state index in [1.54, 1.807) is 0 Å². The number of aryl methyl sites for hydroxylation is 1. The molecule has 5 heteroatoms. The summed E-state index contributed by atoms with van der Waals surface area (Å²) in [7, 11) is 2.06. The Morgan fingerprint density at radius 1 is 1.17 bits per heavy atom. The third-order valence-corrected chi connectivity index (χ3v) is 4.60. The first-order valence-electron chi connectivity index (χ1n) is 8.07. The van der Waals surface area contributed by atoms with Gasteiger partial charge >= 0.3 is 0 Å². The molecule has 23 heavy (non-hydrogen) atoms. The van der Waals surface area contributed by atoms with Crippen molar-refractivity contribution in [3.05, 3.63) is 60.3 Å². The molecule has 118 valence electrons. The zero-order valence-electron chi connectivity index (χ0n) is 13.3. The second-order valence-electron chi connectivity index (χ2n) is 6.08. The highest BCUT2D eigenvalue weighted by molar-refractivity contribution is 5.81. The van der Waals surface area contributed by atoms with E-state index >= 15 is 0 Å². The van der Waals surface area contributed by atoms with E-state index in [1.807, 2.05) is 24.7 Å². The molecule has 0 spiro atoms. The third-order valence-electron chi connectivity index (χ3n) is 4.60. The van der Waals surface area contributed by atoms with Gasteiger partial charge in [0.25, 0.3) is 0 Å². The van der Waals surface area contributed by atoms with Gasteiger partial charge in [-0.1, -0.05) is 24.3 Å². The Kier molecular flexibility index (Phi) is 3.81. The molecular formula is C18H21N5. The maximum Gasteiger partial charge on any atom is 0.127 e. The summed E-state index contributed by atoms with van der Waals surface area (Å²) >= 11 is 0. The molecule has 1 aromatic carbocycles. The average molecular weight is 307 g/mol. The number of imidazole rings is 1. The van der Waals surface area contributed by atoms with Crippen LogP contribution in [0.15, 0.2) is 48.9 Å². The Morgan fingerprint density at radius 3 is 2.96 bits per heavy atom. The number of fused-ring (bicyclic) bond motifs is 1. The Bertz CT molecular complexity index is 805. The first kappa shape index (κ1) is 14.4. The van der Waals surface area contributed by atoms with Gasteiger partial charge in [0, 0.05) is 57.2 Å². The number of nitrogens with zero attached hydrogens (tertiary/aromatic N) is 4. The molecule has 0 radical (unpaired) electrons. The fraction of sp³-hybridized carbons (Fsp3) is 0.333. The van der Waals surface area contributed by atoms with Gasteiger partial charge in [-0.2, -0.15) is 0 Å². The first-order valence-corrected chi connectivity index (χ1v) is 8.07. The van der Waals surface area contributed by atoms with Crippen molar-refractivity contribution in [3.8, 4) is 0 Å². The summed E-state index contributed by atoms with van der Waals surface area (Å²) in [6.45, 7) is 3.86. The predicted molar refractivity (Wildman–Crippen MR) is 91.0 cm³/mol. The monoisotopic (exact) mass is 307 g/mol. The molecule has 1 aliphatic heterocycles. The zero-order valence-corrected chi connectivity index (χ0v) is 13.3. The van der Waals surface area contributed by atoms with Crippen LogP contribution in [0, 0.1) is 0 Å². The van der Waals surface area contributed by atoms with E-state index < -0.39 is 0 Å². The van der Waals surface area contributed by atoms with Crippen molar-refractivity contribution in [1.29, 1.82) is 0 Å². The maximum absolute atomic E-state index is 4.59. The molecule has 2 aromatic heterocycles. The number of para-hydroxylation sites is 1. The van der Waals surface area contributed by atoms with Crippen molar-refractivity contribution in [1.82, 2.24) is 24.8 Å². The van der Waals surface area contributed by atoms with E-state index in [-0.39, 0.29) is 0 Å². The summed E-state index contributed by atoms with van der Waals surface area (Å²) in [6.07, 6.45) is 5.77. The van der Waals surface area contributed by atoms with Gasteiger partial charge in [-0.3, -0.25) is 9.88 Å². The van der Waals surface area contributed by atoms with Crippen molar-refractivity contribution >= 4 is 10.9 Å². The molecule has 1 unspecified atom stereocenters. The zero-order chi connectivity index (χ0) is 15.6. The molecule has 1 atom stereocenters. The van der Waals surface area contributed by atoms with Crippen LogP contribution in [0.2, 0.25) is 0 Å². The maximum atomic E-state index is 4.59. The van der Waals surface area contributed by atoms with Gasteiger partial charge < -0.3 is 9.88 Å². The predicted octanol–water partition coefficient (Wildman–Crippen LogP) is 2.11. The number of hydrogen-bond acceptors (Lipinski definition) is 4. The Balaban J connectivity index is 1.67. The molecule has 1 N–H and O–H groups in total. The lowest BCUT2D eigenvalue weighted by Gasteiger charge is -2.35. The molecule has 1 saturated heterocycles. The molecule has 1 aliphatic rings. The van der Waals surface area contributed by atoms with Crippen LogP contribution in [-0.4, -0.2) is 39.1 Å². The average Bonchev–Trinajstić information content (AvgIpc) is 3.02. The van der Waals surface area contributed by atoms with Gasteiger partial charge in [-0.25, -0.2) is 4.98 Å². The van der Waals surface area contributed by atoms with E-state index in [0.717, 1.165) is 37.5 Å². The third kappa shape index (κ3) is 2.73. The molecule has 0 saturated carbocycles. The van der Waals surface area contributed by atoms with Crippen LogP contribution in [-0.2, 0) is 13.6 Å². The van der Waals surface area contributed by atoms with Crippen LogP contribution < -0.4 is 5.32 Å². The lowest BCUT2D eigenvalue weighted by atomic mass is 10.1. The minimum atomic E-state index is 0.294. The van der Waals surface area contributed by atoms with Crippen LogP contribution >= 0.6 is 0 Å². The van der Waals surface area contributed by atoms with Crippen molar-refractivity contribution < 1.29 is 0 Å². The van der Waals surface area contributed by atoms with Crippen LogP contribution in [0.3, 0.4) is 0 Å². The Morgan fingerprint density at radius 2 is 2.09 bits per heavy atom. The molecule has 5 nitrogen and oxygen atoms in total. The molecule has 0 amide bonds. The quantitative estimate of drug-likeness (QED) is 0.805. The molecule has 3 heterocycles. The minimum Gasteiger partial charge on any atom is -0.337 e. The summed E-state index contributed by atoms with van der Waals surface area (Å²) in [5, 5.41) is 4.70. The van der Waals surface area contributed by atoms with Crippen molar-refractivity contribution in [3.63, 3.8) is 0 Å². The summed E-state index contributed by atoms with van der Waals surface area (Å²) < 4.78 is 2.12. The summed E-state index contributed by atoms with van der Waals surface area (Å²) in [5.74, 6) is 1.12. The van der Waals surface area contributed by atoms with E-state index in [9.17, 15) is 0 Å². The normalized spacial score (nSPS) is 19.3. The topological polar surface area (TPSA) is 46.0 Å².